The van der Waals surface area contributed by atoms with Crippen molar-refractivity contribution in [3.8, 4) is 0 Å². The molecule has 2 rings (SSSR count). The molecular weight excluding hydrogens is 247 g/mol. The van der Waals surface area contributed by atoms with Gasteiger partial charge in [0.25, 0.3) is 5.69 Å². The molecule has 0 heterocycles. The van der Waals surface area contributed by atoms with Gasteiger partial charge >= 0.3 is 0 Å². The topological polar surface area (TPSA) is 55.2 Å². The second-order valence-corrected chi connectivity index (χ2v) is 5.41. The number of halogens is 1. The van der Waals surface area contributed by atoms with Gasteiger partial charge in [-0.3, -0.25) is 10.1 Å². The van der Waals surface area contributed by atoms with Gasteiger partial charge in [-0.25, -0.2) is 4.39 Å². The lowest BCUT2D eigenvalue weighted by atomic mass is 9.82. The average Bonchev–Trinajstić information content (AvgIpc) is 2.37. The van der Waals surface area contributed by atoms with Crippen molar-refractivity contribution in [2.24, 2.45) is 11.8 Å². The Morgan fingerprint density at radius 1 is 1.47 bits per heavy atom. The maximum Gasteiger partial charge on any atom is 0.295 e. The van der Waals surface area contributed by atoms with Crippen LogP contribution in [-0.4, -0.2) is 11.5 Å². The zero-order valence-corrected chi connectivity index (χ0v) is 11.1. The van der Waals surface area contributed by atoms with E-state index in [9.17, 15) is 14.5 Å². The van der Waals surface area contributed by atoms with Crippen LogP contribution in [-0.2, 0) is 0 Å². The van der Waals surface area contributed by atoms with Crippen LogP contribution in [0.4, 0.5) is 15.8 Å². The summed E-state index contributed by atoms with van der Waals surface area (Å²) in [7, 11) is 0. The van der Waals surface area contributed by atoms with Crippen LogP contribution in [0.2, 0.25) is 0 Å². The van der Waals surface area contributed by atoms with Crippen LogP contribution >= 0.6 is 0 Å². The minimum absolute atomic E-state index is 0.0192. The predicted molar refractivity (Wildman–Crippen MR) is 72.7 cm³/mol. The first-order chi connectivity index (χ1) is 9.08. The summed E-state index contributed by atoms with van der Waals surface area (Å²) in [6.07, 6.45) is 4.65. The summed E-state index contributed by atoms with van der Waals surface area (Å²) in [5.74, 6) is 0.608. The summed E-state index contributed by atoms with van der Waals surface area (Å²) >= 11 is 0. The highest BCUT2D eigenvalue weighted by Crippen LogP contribution is 2.31. The molecule has 0 radical (unpaired) electrons. The molecule has 2 unspecified atom stereocenters. The molecule has 5 heteroatoms. The van der Waals surface area contributed by atoms with Gasteiger partial charge in [-0.1, -0.05) is 25.8 Å². The number of nitrogens with one attached hydrogen (secondary N) is 1. The molecular formula is C14H19FN2O2. The second-order valence-electron chi connectivity index (χ2n) is 5.41. The van der Waals surface area contributed by atoms with Gasteiger partial charge < -0.3 is 5.32 Å². The third-order valence-electron chi connectivity index (χ3n) is 3.80. The number of nitrogens with zero attached hydrogens (tertiary/aromatic N) is 1. The Labute approximate surface area is 112 Å². The highest BCUT2D eigenvalue weighted by Gasteiger charge is 2.22. The van der Waals surface area contributed by atoms with E-state index in [4.69, 9.17) is 0 Å². The quantitative estimate of drug-likeness (QED) is 0.662. The van der Waals surface area contributed by atoms with Crippen molar-refractivity contribution < 1.29 is 9.31 Å². The Morgan fingerprint density at radius 2 is 2.26 bits per heavy atom. The van der Waals surface area contributed by atoms with E-state index in [1.54, 1.807) is 0 Å². The van der Waals surface area contributed by atoms with Crippen LogP contribution in [0.5, 0.6) is 0 Å². The average molecular weight is 266 g/mol. The first kappa shape index (κ1) is 13.8. The molecule has 19 heavy (non-hydrogen) atoms. The normalized spacial score (nSPS) is 23.1. The molecule has 1 aliphatic rings. The smallest absolute Gasteiger partial charge is 0.295 e. The van der Waals surface area contributed by atoms with E-state index in [0.717, 1.165) is 12.8 Å². The lowest BCUT2D eigenvalue weighted by molar-refractivity contribution is -0.384. The maximum absolute atomic E-state index is 13.7. The third kappa shape index (κ3) is 3.43. The summed E-state index contributed by atoms with van der Waals surface area (Å²) in [4.78, 5) is 10.3. The zero-order chi connectivity index (χ0) is 13.8. The van der Waals surface area contributed by atoms with Crippen LogP contribution in [0.3, 0.4) is 0 Å². The lowest BCUT2D eigenvalue weighted by Crippen LogP contribution is -2.21. The number of para-hydroxylation sites is 1. The van der Waals surface area contributed by atoms with Crippen molar-refractivity contribution in [3.63, 3.8) is 0 Å². The van der Waals surface area contributed by atoms with Crippen LogP contribution in [0.15, 0.2) is 18.2 Å². The highest BCUT2D eigenvalue weighted by atomic mass is 19.1. The number of nitro groups is 1. The van der Waals surface area contributed by atoms with E-state index in [2.05, 4.69) is 12.2 Å². The zero-order valence-electron chi connectivity index (χ0n) is 11.1. The summed E-state index contributed by atoms with van der Waals surface area (Å²) in [6, 6.07) is 3.94. The van der Waals surface area contributed by atoms with Crippen LogP contribution in [0, 0.1) is 27.8 Å². The monoisotopic (exact) mass is 266 g/mol. The van der Waals surface area contributed by atoms with Gasteiger partial charge in [0.05, 0.1) is 4.92 Å². The molecule has 0 bridgehead atoms. The molecule has 2 atom stereocenters. The fourth-order valence-electron chi connectivity index (χ4n) is 2.83. The SMILES string of the molecule is CC1CCCC(CNc2c(F)cccc2[N+](=O)[O-])C1. The lowest BCUT2D eigenvalue weighted by Gasteiger charge is -2.27. The van der Waals surface area contributed by atoms with E-state index in [1.807, 2.05) is 0 Å². The molecule has 0 saturated heterocycles. The molecule has 0 amide bonds. The van der Waals surface area contributed by atoms with Gasteiger partial charge in [-0.15, -0.1) is 0 Å². The first-order valence-corrected chi connectivity index (χ1v) is 6.74. The second kappa shape index (κ2) is 5.99. The molecule has 0 spiro atoms. The molecule has 0 aliphatic heterocycles. The Balaban J connectivity index is 2.04. The number of hydrogen-bond acceptors (Lipinski definition) is 3. The molecule has 1 aromatic carbocycles. The third-order valence-corrected chi connectivity index (χ3v) is 3.80. The van der Waals surface area contributed by atoms with Crippen molar-refractivity contribution in [2.45, 2.75) is 32.6 Å². The van der Waals surface area contributed by atoms with Crippen molar-refractivity contribution in [1.82, 2.24) is 0 Å². The molecule has 4 nitrogen and oxygen atoms in total. The molecule has 1 fully saturated rings. The van der Waals surface area contributed by atoms with E-state index < -0.39 is 10.7 Å². The summed E-state index contributed by atoms with van der Waals surface area (Å²) in [6.45, 7) is 2.82. The first-order valence-electron chi connectivity index (χ1n) is 6.74. The van der Waals surface area contributed by atoms with Crippen LogP contribution in [0.25, 0.3) is 0 Å². The summed E-state index contributed by atoms with van der Waals surface area (Å²) in [5.41, 5.74) is -0.172. The Kier molecular flexibility index (Phi) is 4.35. The molecule has 0 aromatic heterocycles. The number of nitro benzene ring substituents is 1. The Morgan fingerprint density at radius 3 is 2.95 bits per heavy atom. The Hall–Kier alpha value is -1.65. The van der Waals surface area contributed by atoms with Gasteiger partial charge in [0.1, 0.15) is 5.69 Å². The highest BCUT2D eigenvalue weighted by molar-refractivity contribution is 5.62. The number of benzene rings is 1. The number of hydrogen-bond donors (Lipinski definition) is 1. The molecule has 1 saturated carbocycles. The largest absolute Gasteiger partial charge is 0.377 e. The summed E-state index contributed by atoms with van der Waals surface area (Å²) in [5, 5.41) is 13.8. The molecule has 1 N–H and O–H groups in total. The predicted octanol–water partition coefficient (Wildman–Crippen LogP) is 3.97. The fourth-order valence-corrected chi connectivity index (χ4v) is 2.83. The number of rotatable bonds is 4. The minimum Gasteiger partial charge on any atom is -0.377 e. The van der Waals surface area contributed by atoms with Crippen molar-refractivity contribution in [1.29, 1.82) is 0 Å². The minimum atomic E-state index is -0.557. The van der Waals surface area contributed by atoms with E-state index in [1.165, 1.54) is 31.0 Å². The molecule has 1 aliphatic carbocycles. The van der Waals surface area contributed by atoms with E-state index in [0.29, 0.717) is 18.4 Å². The van der Waals surface area contributed by atoms with Gasteiger partial charge in [-0.05, 0) is 30.7 Å². The van der Waals surface area contributed by atoms with Crippen molar-refractivity contribution in [2.75, 3.05) is 11.9 Å². The van der Waals surface area contributed by atoms with Gasteiger partial charge in [0, 0.05) is 12.6 Å². The van der Waals surface area contributed by atoms with Gasteiger partial charge in [0.15, 0.2) is 5.82 Å². The molecule has 1 aromatic rings. The standard InChI is InChI=1S/C14H19FN2O2/c1-10-4-2-5-11(8-10)9-16-14-12(15)6-3-7-13(14)17(18)19/h3,6-7,10-11,16H,2,4-5,8-9H2,1H3. The van der Waals surface area contributed by atoms with Gasteiger partial charge in [-0.2, -0.15) is 0 Å². The molecule has 104 valence electrons. The van der Waals surface area contributed by atoms with E-state index >= 15 is 0 Å². The summed E-state index contributed by atoms with van der Waals surface area (Å²) < 4.78 is 13.7. The number of anilines is 1. The van der Waals surface area contributed by atoms with Crippen molar-refractivity contribution in [3.05, 3.63) is 34.1 Å². The van der Waals surface area contributed by atoms with Crippen LogP contribution in [0.1, 0.15) is 32.6 Å². The van der Waals surface area contributed by atoms with Crippen LogP contribution < -0.4 is 5.32 Å². The Bertz CT molecular complexity index is 465. The van der Waals surface area contributed by atoms with Gasteiger partial charge in [0.2, 0.25) is 0 Å². The van der Waals surface area contributed by atoms with Crippen molar-refractivity contribution >= 4 is 11.4 Å². The maximum atomic E-state index is 13.7. The van der Waals surface area contributed by atoms with E-state index in [-0.39, 0.29) is 11.4 Å². The fraction of sp³-hybridized carbons (Fsp3) is 0.571.